The largest absolute Gasteiger partial charge is 0.344 e. The van der Waals surface area contributed by atoms with Gasteiger partial charge >= 0.3 is 0 Å². The second-order valence-electron chi connectivity index (χ2n) is 5.21. The third-order valence-corrected chi connectivity index (χ3v) is 5.37. The van der Waals surface area contributed by atoms with E-state index >= 15 is 0 Å². The lowest BCUT2D eigenvalue weighted by Crippen LogP contribution is -2.47. The van der Waals surface area contributed by atoms with E-state index in [1.54, 1.807) is 0 Å². The average molecular weight is 278 g/mol. The van der Waals surface area contributed by atoms with Crippen molar-refractivity contribution in [3.05, 3.63) is 0 Å². The maximum absolute atomic E-state index is 2.27. The molecule has 0 saturated carbocycles. The molecule has 0 radical (unpaired) electrons. The summed E-state index contributed by atoms with van der Waals surface area (Å²) >= 11 is 0. The second kappa shape index (κ2) is 12.9. The van der Waals surface area contributed by atoms with E-state index in [1.807, 2.05) is 0 Å². The number of quaternary nitrogens is 2. The Hall–Kier alpha value is -0.120. The van der Waals surface area contributed by atoms with Crippen molar-refractivity contribution in [1.29, 1.82) is 0 Å². The first-order valence-electron chi connectivity index (χ1n) is 8.19. The number of hydrogen-bond donors (Lipinski definition) is 1. The van der Waals surface area contributed by atoms with E-state index in [4.69, 9.17) is 0 Å². The molecule has 3 nitrogen and oxygen atoms in total. The molecule has 0 unspecified atom stereocenters. The molecule has 0 saturated heterocycles. The van der Waals surface area contributed by atoms with Gasteiger partial charge in [0.25, 0.3) is 0 Å². The highest BCUT2D eigenvalue weighted by Crippen LogP contribution is 2.03. The van der Waals surface area contributed by atoms with Crippen molar-refractivity contribution < 1.29 is 8.97 Å². The summed E-state index contributed by atoms with van der Waals surface area (Å²) in [5.74, 6) is 0. The van der Waals surface area contributed by atoms with Gasteiger partial charge in [-0.25, -0.2) is 0 Å². The van der Waals surface area contributed by atoms with Crippen LogP contribution in [0.4, 0.5) is 0 Å². The van der Waals surface area contributed by atoms with Crippen molar-refractivity contribution in [2.24, 2.45) is 0 Å². The summed E-state index contributed by atoms with van der Waals surface area (Å²) in [6.07, 6.45) is 0. The molecule has 0 amide bonds. The van der Waals surface area contributed by atoms with Crippen LogP contribution in [0.25, 0.3) is 0 Å². The molecule has 3 N–H and O–H groups in total. The van der Waals surface area contributed by atoms with Crippen LogP contribution in [0.2, 0.25) is 0 Å². The highest BCUT2D eigenvalue weighted by molar-refractivity contribution is 4.31. The summed E-state index contributed by atoms with van der Waals surface area (Å²) in [5.41, 5.74) is 0. The van der Waals surface area contributed by atoms with Gasteiger partial charge in [0, 0.05) is 0 Å². The summed E-state index contributed by atoms with van der Waals surface area (Å²) in [5, 5.41) is 0. The Kier molecular flexibility index (Phi) is 16.2. The molecule has 0 atom stereocenters. The Morgan fingerprint density at radius 2 is 0.474 bits per heavy atom. The molecule has 19 heavy (non-hydrogen) atoms. The number of nitrogens with zero attached hydrogens (tertiary/aromatic N) is 2. The van der Waals surface area contributed by atoms with Crippen molar-refractivity contribution in [2.75, 3.05) is 52.4 Å². The van der Waals surface area contributed by atoms with Gasteiger partial charge in [0.05, 0.1) is 52.4 Å². The average Bonchev–Trinajstić information content (AvgIpc) is 2.46. The molecule has 0 aromatic rings. The Labute approximate surface area is 123 Å². The fraction of sp³-hybridized carbons (Fsp3) is 1.00. The highest BCUT2D eigenvalue weighted by Gasteiger charge is 2.16. The molecule has 0 heterocycles. The van der Waals surface area contributed by atoms with Crippen molar-refractivity contribution in [3.8, 4) is 0 Å². The van der Waals surface area contributed by atoms with E-state index < -0.39 is 0 Å². The SMILES string of the molecule is CC[N+](CC)(CC)CC.CC[N+](CC)(CC)CC.N. The first-order chi connectivity index (χ1) is 8.49. The monoisotopic (exact) mass is 277 g/mol. The van der Waals surface area contributed by atoms with Crippen molar-refractivity contribution in [2.45, 2.75) is 55.4 Å². The minimum Gasteiger partial charge on any atom is -0.344 e. The van der Waals surface area contributed by atoms with Gasteiger partial charge in [-0.2, -0.15) is 0 Å². The third kappa shape index (κ3) is 7.91. The van der Waals surface area contributed by atoms with E-state index in [2.05, 4.69) is 55.4 Å². The van der Waals surface area contributed by atoms with E-state index in [9.17, 15) is 0 Å². The highest BCUT2D eigenvalue weighted by atomic mass is 15.3. The maximum Gasteiger partial charge on any atom is 0.0757 e. The molecule has 0 spiro atoms. The molecule has 0 aromatic carbocycles. The molecular weight excluding hydrogens is 234 g/mol. The van der Waals surface area contributed by atoms with Crippen LogP contribution in [0, 0.1) is 0 Å². The minimum atomic E-state index is 0. The van der Waals surface area contributed by atoms with Crippen LogP contribution in [0.1, 0.15) is 55.4 Å². The summed E-state index contributed by atoms with van der Waals surface area (Å²) in [6, 6.07) is 0. The fourth-order valence-electron chi connectivity index (χ4n) is 2.68. The van der Waals surface area contributed by atoms with Crippen LogP contribution >= 0.6 is 0 Å². The molecule has 0 bridgehead atoms. The minimum absolute atomic E-state index is 0. The molecule has 0 fully saturated rings. The zero-order chi connectivity index (χ0) is 14.7. The molecule has 0 rings (SSSR count). The molecule has 120 valence electrons. The molecule has 0 aromatic heterocycles. The predicted octanol–water partition coefficient (Wildman–Crippen LogP) is 3.93. The zero-order valence-corrected chi connectivity index (χ0v) is 15.3. The van der Waals surface area contributed by atoms with Gasteiger partial charge in [-0.15, -0.1) is 0 Å². The zero-order valence-electron chi connectivity index (χ0n) is 15.3. The molecule has 0 aliphatic carbocycles. The summed E-state index contributed by atoms with van der Waals surface area (Å²) < 4.78 is 2.56. The van der Waals surface area contributed by atoms with E-state index in [-0.39, 0.29) is 6.15 Å². The van der Waals surface area contributed by atoms with Gasteiger partial charge in [0.15, 0.2) is 0 Å². The Morgan fingerprint density at radius 1 is 0.368 bits per heavy atom. The van der Waals surface area contributed by atoms with E-state index in [0.717, 1.165) is 0 Å². The third-order valence-electron chi connectivity index (χ3n) is 5.37. The van der Waals surface area contributed by atoms with Gasteiger partial charge in [-0.05, 0) is 55.4 Å². The molecule has 3 heteroatoms. The van der Waals surface area contributed by atoms with Crippen LogP contribution in [0.5, 0.6) is 0 Å². The van der Waals surface area contributed by atoms with Crippen LogP contribution in [0.15, 0.2) is 0 Å². The van der Waals surface area contributed by atoms with Crippen molar-refractivity contribution in [1.82, 2.24) is 6.15 Å². The second-order valence-corrected chi connectivity index (χ2v) is 5.21. The van der Waals surface area contributed by atoms with Crippen LogP contribution < -0.4 is 6.15 Å². The summed E-state index contributed by atoms with van der Waals surface area (Å²) in [7, 11) is 0. The summed E-state index contributed by atoms with van der Waals surface area (Å²) in [4.78, 5) is 0. The lowest BCUT2D eigenvalue weighted by atomic mass is 10.3. The first kappa shape index (κ1) is 23.9. The predicted molar refractivity (Wildman–Crippen MR) is 89.9 cm³/mol. The van der Waals surface area contributed by atoms with E-state index in [1.165, 1.54) is 61.3 Å². The molecule has 0 aliphatic rings. The van der Waals surface area contributed by atoms with Crippen LogP contribution in [-0.2, 0) is 0 Å². The van der Waals surface area contributed by atoms with Crippen LogP contribution in [-0.4, -0.2) is 61.3 Å². The lowest BCUT2D eigenvalue weighted by Gasteiger charge is -2.34. The van der Waals surface area contributed by atoms with Crippen molar-refractivity contribution in [3.63, 3.8) is 0 Å². The smallest absolute Gasteiger partial charge is 0.0757 e. The van der Waals surface area contributed by atoms with Gasteiger partial charge in [-0.1, -0.05) is 0 Å². The standard InChI is InChI=1S/2C8H20N.H3N/c2*1-5-9(6-2,7-3)8-4;/h2*5-8H2,1-4H3;1H3/q2*+1;. The lowest BCUT2D eigenvalue weighted by molar-refractivity contribution is -0.921. The summed E-state index contributed by atoms with van der Waals surface area (Å²) in [6.45, 7) is 28.4. The molecule has 0 aliphatic heterocycles. The normalized spacial score (nSPS) is 11.4. The van der Waals surface area contributed by atoms with E-state index in [0.29, 0.717) is 0 Å². The first-order valence-corrected chi connectivity index (χ1v) is 8.19. The quantitative estimate of drug-likeness (QED) is 0.670. The number of hydrogen-bond acceptors (Lipinski definition) is 1. The molecular formula is C16H43N3+2. The Bertz CT molecular complexity index is 118. The van der Waals surface area contributed by atoms with Gasteiger partial charge in [-0.3, -0.25) is 0 Å². The topological polar surface area (TPSA) is 35.0 Å². The van der Waals surface area contributed by atoms with Gasteiger partial charge in [0.2, 0.25) is 0 Å². The Balaban J connectivity index is -0.000000256. The van der Waals surface area contributed by atoms with Gasteiger partial charge < -0.3 is 15.1 Å². The van der Waals surface area contributed by atoms with Crippen LogP contribution in [0.3, 0.4) is 0 Å². The van der Waals surface area contributed by atoms with Crippen molar-refractivity contribution >= 4 is 0 Å². The number of rotatable bonds is 8. The maximum atomic E-state index is 2.27. The Morgan fingerprint density at radius 3 is 0.474 bits per heavy atom. The fourth-order valence-corrected chi connectivity index (χ4v) is 2.68. The van der Waals surface area contributed by atoms with Gasteiger partial charge in [0.1, 0.15) is 0 Å².